The van der Waals surface area contributed by atoms with Crippen molar-refractivity contribution < 1.29 is 0 Å². The van der Waals surface area contributed by atoms with E-state index in [9.17, 15) is 0 Å². The van der Waals surface area contributed by atoms with Gasteiger partial charge in [0.05, 0.1) is 10.0 Å². The average molecular weight is 287 g/mol. The van der Waals surface area contributed by atoms with Crippen LogP contribution in [0.25, 0.3) is 0 Å². The van der Waals surface area contributed by atoms with Gasteiger partial charge in [-0.25, -0.2) is 0 Å². The molecule has 0 radical (unpaired) electrons. The second-order valence-electron chi connectivity index (χ2n) is 4.83. The van der Waals surface area contributed by atoms with Crippen molar-refractivity contribution >= 4 is 23.2 Å². The monoisotopic (exact) mass is 286 g/mol. The molecule has 1 aliphatic heterocycles. The van der Waals surface area contributed by atoms with Crippen molar-refractivity contribution in [2.24, 2.45) is 0 Å². The predicted molar refractivity (Wildman–Crippen MR) is 78.4 cm³/mol. The Morgan fingerprint density at radius 3 is 2.89 bits per heavy atom. The van der Waals surface area contributed by atoms with Gasteiger partial charge in [0, 0.05) is 19.1 Å². The molecular weight excluding hydrogens is 267 g/mol. The van der Waals surface area contributed by atoms with Crippen molar-refractivity contribution in [3.05, 3.63) is 33.8 Å². The van der Waals surface area contributed by atoms with Crippen LogP contribution in [0.5, 0.6) is 0 Å². The molecule has 0 spiro atoms. The summed E-state index contributed by atoms with van der Waals surface area (Å²) in [5.41, 5.74) is 1.11. The second kappa shape index (κ2) is 6.76. The van der Waals surface area contributed by atoms with Crippen LogP contribution in [0.4, 0.5) is 0 Å². The number of nitrogens with one attached hydrogen (secondary N) is 1. The minimum Gasteiger partial charge on any atom is -0.313 e. The van der Waals surface area contributed by atoms with E-state index in [0.29, 0.717) is 16.1 Å². The molecule has 0 aliphatic carbocycles. The molecule has 4 heteroatoms. The molecule has 1 fully saturated rings. The normalized spacial score (nSPS) is 19.7. The van der Waals surface area contributed by atoms with Crippen molar-refractivity contribution in [3.8, 4) is 0 Å². The van der Waals surface area contributed by atoms with Crippen LogP contribution in [0.1, 0.15) is 25.3 Å². The van der Waals surface area contributed by atoms with Gasteiger partial charge in [-0.3, -0.25) is 4.90 Å². The lowest BCUT2D eigenvalue weighted by atomic mass is 10.1. The van der Waals surface area contributed by atoms with Gasteiger partial charge in [-0.1, -0.05) is 42.3 Å². The molecule has 1 aliphatic rings. The van der Waals surface area contributed by atoms with Crippen molar-refractivity contribution in [1.82, 2.24) is 10.2 Å². The third kappa shape index (κ3) is 3.61. The third-order valence-corrected chi connectivity index (χ3v) is 4.37. The van der Waals surface area contributed by atoms with Crippen molar-refractivity contribution in [2.75, 3.05) is 19.6 Å². The van der Waals surface area contributed by atoms with Gasteiger partial charge in [0.2, 0.25) is 0 Å². The van der Waals surface area contributed by atoms with Crippen molar-refractivity contribution in [2.45, 2.75) is 32.4 Å². The summed E-state index contributed by atoms with van der Waals surface area (Å²) in [5.74, 6) is 0. The first kappa shape index (κ1) is 14.1. The Kier molecular flexibility index (Phi) is 5.31. The maximum Gasteiger partial charge on any atom is 0.0637 e. The molecule has 2 nitrogen and oxygen atoms in total. The van der Waals surface area contributed by atoms with Gasteiger partial charge in [-0.05, 0) is 37.6 Å². The van der Waals surface area contributed by atoms with Crippen LogP contribution in [0, 0.1) is 0 Å². The van der Waals surface area contributed by atoms with E-state index in [0.717, 1.165) is 31.7 Å². The molecule has 1 aromatic carbocycles. The van der Waals surface area contributed by atoms with Crippen LogP contribution in [-0.4, -0.2) is 30.6 Å². The molecule has 0 aromatic heterocycles. The molecule has 0 amide bonds. The minimum absolute atomic E-state index is 0.628. The number of likely N-dealkylation sites (N-methyl/N-ethyl adjacent to an activating group) is 1. The highest BCUT2D eigenvalue weighted by Gasteiger charge is 2.18. The molecule has 100 valence electrons. The van der Waals surface area contributed by atoms with E-state index < -0.39 is 0 Å². The fraction of sp³-hybridized carbons (Fsp3) is 0.571. The first-order chi connectivity index (χ1) is 8.70. The van der Waals surface area contributed by atoms with Gasteiger partial charge in [-0.2, -0.15) is 0 Å². The first-order valence-corrected chi connectivity index (χ1v) is 7.35. The summed E-state index contributed by atoms with van der Waals surface area (Å²) in [4.78, 5) is 2.42. The zero-order valence-corrected chi connectivity index (χ0v) is 12.3. The van der Waals surface area contributed by atoms with Crippen LogP contribution >= 0.6 is 23.2 Å². The van der Waals surface area contributed by atoms with E-state index in [1.165, 1.54) is 12.8 Å². The Balaban J connectivity index is 1.98. The molecule has 1 atom stereocenters. The summed E-state index contributed by atoms with van der Waals surface area (Å²) < 4.78 is 0. The summed E-state index contributed by atoms with van der Waals surface area (Å²) in [6, 6.07) is 6.48. The Labute approximate surface area is 119 Å². The molecule has 0 saturated carbocycles. The molecule has 1 aromatic rings. The van der Waals surface area contributed by atoms with Gasteiger partial charge in [0.15, 0.2) is 0 Å². The molecule has 2 rings (SSSR count). The lowest BCUT2D eigenvalue weighted by molar-refractivity contribution is 0.253. The van der Waals surface area contributed by atoms with Gasteiger partial charge >= 0.3 is 0 Å². The summed E-state index contributed by atoms with van der Waals surface area (Å²) in [6.45, 7) is 6.32. The summed E-state index contributed by atoms with van der Waals surface area (Å²) in [7, 11) is 0. The maximum absolute atomic E-state index is 6.24. The van der Waals surface area contributed by atoms with Crippen LogP contribution in [0.15, 0.2) is 18.2 Å². The maximum atomic E-state index is 6.24. The van der Waals surface area contributed by atoms with E-state index in [1.54, 1.807) is 0 Å². The van der Waals surface area contributed by atoms with E-state index in [2.05, 4.69) is 23.2 Å². The predicted octanol–water partition coefficient (Wildman–Crippen LogP) is 3.57. The highest BCUT2D eigenvalue weighted by atomic mass is 35.5. The zero-order valence-electron chi connectivity index (χ0n) is 10.8. The SMILES string of the molecule is CCN(Cc1cccc(Cl)c1Cl)CC1CCCN1. The number of hydrogen-bond donors (Lipinski definition) is 1. The molecule has 1 heterocycles. The average Bonchev–Trinajstić information content (AvgIpc) is 2.86. The van der Waals surface area contributed by atoms with E-state index >= 15 is 0 Å². The largest absolute Gasteiger partial charge is 0.313 e. The molecule has 1 saturated heterocycles. The molecule has 1 N–H and O–H groups in total. The number of hydrogen-bond acceptors (Lipinski definition) is 2. The second-order valence-corrected chi connectivity index (χ2v) is 5.62. The van der Waals surface area contributed by atoms with Crippen LogP contribution in [0.2, 0.25) is 10.0 Å². The smallest absolute Gasteiger partial charge is 0.0637 e. The van der Waals surface area contributed by atoms with E-state index in [4.69, 9.17) is 23.2 Å². The molecule has 18 heavy (non-hydrogen) atoms. The highest BCUT2D eigenvalue weighted by molar-refractivity contribution is 6.42. The number of halogens is 2. The Morgan fingerprint density at radius 1 is 1.39 bits per heavy atom. The fourth-order valence-electron chi connectivity index (χ4n) is 2.44. The van der Waals surface area contributed by atoms with Gasteiger partial charge in [-0.15, -0.1) is 0 Å². The lowest BCUT2D eigenvalue weighted by Crippen LogP contribution is -2.37. The fourth-order valence-corrected chi connectivity index (χ4v) is 2.82. The summed E-state index contributed by atoms with van der Waals surface area (Å²) in [6.07, 6.45) is 2.57. The first-order valence-electron chi connectivity index (χ1n) is 6.59. The van der Waals surface area contributed by atoms with Crippen LogP contribution in [0.3, 0.4) is 0 Å². The van der Waals surface area contributed by atoms with Gasteiger partial charge < -0.3 is 5.32 Å². The Morgan fingerprint density at radius 2 is 2.22 bits per heavy atom. The van der Waals surface area contributed by atoms with Crippen molar-refractivity contribution in [3.63, 3.8) is 0 Å². The standard InChI is InChI=1S/C14H20Cl2N2/c1-2-18(10-12-6-4-8-17-12)9-11-5-3-7-13(15)14(11)16/h3,5,7,12,17H,2,4,6,8-10H2,1H3. The molecule has 1 unspecified atom stereocenters. The topological polar surface area (TPSA) is 15.3 Å². The molecular formula is C14H20Cl2N2. The van der Waals surface area contributed by atoms with Gasteiger partial charge in [0.1, 0.15) is 0 Å². The zero-order chi connectivity index (χ0) is 13.0. The Hall–Kier alpha value is -0.280. The number of nitrogens with zero attached hydrogens (tertiary/aromatic N) is 1. The Bertz CT molecular complexity index is 389. The lowest BCUT2D eigenvalue weighted by Gasteiger charge is -2.24. The van der Waals surface area contributed by atoms with Crippen LogP contribution < -0.4 is 5.32 Å². The quantitative estimate of drug-likeness (QED) is 0.890. The number of benzene rings is 1. The van der Waals surface area contributed by atoms with Crippen molar-refractivity contribution in [1.29, 1.82) is 0 Å². The number of rotatable bonds is 5. The van der Waals surface area contributed by atoms with E-state index in [-0.39, 0.29) is 0 Å². The summed E-state index contributed by atoms with van der Waals surface area (Å²) in [5, 5.41) is 4.87. The molecule has 0 bridgehead atoms. The van der Waals surface area contributed by atoms with E-state index in [1.807, 2.05) is 12.1 Å². The van der Waals surface area contributed by atoms with Crippen LogP contribution in [-0.2, 0) is 6.54 Å². The van der Waals surface area contributed by atoms with Gasteiger partial charge in [0.25, 0.3) is 0 Å². The summed E-state index contributed by atoms with van der Waals surface area (Å²) >= 11 is 12.3. The minimum atomic E-state index is 0.628. The highest BCUT2D eigenvalue weighted by Crippen LogP contribution is 2.26. The third-order valence-electron chi connectivity index (χ3n) is 3.51.